The summed E-state index contributed by atoms with van der Waals surface area (Å²) in [6, 6.07) is 3.66. The highest BCUT2D eigenvalue weighted by molar-refractivity contribution is 5.77. The van der Waals surface area contributed by atoms with Gasteiger partial charge in [0.25, 0.3) is 0 Å². The second-order valence-corrected chi connectivity index (χ2v) is 5.34. The van der Waals surface area contributed by atoms with Gasteiger partial charge in [0.2, 0.25) is 17.6 Å². The lowest BCUT2D eigenvalue weighted by molar-refractivity contribution is -0.133. The predicted molar refractivity (Wildman–Crippen MR) is 78.8 cm³/mol. The molecule has 3 rings (SSSR count). The third-order valence-corrected chi connectivity index (χ3v) is 3.67. The van der Waals surface area contributed by atoms with E-state index in [2.05, 4.69) is 26.9 Å². The van der Waals surface area contributed by atoms with Crippen LogP contribution < -0.4 is 0 Å². The van der Waals surface area contributed by atoms with E-state index in [1.54, 1.807) is 11.0 Å². The monoisotopic (exact) mass is 299 g/mol. The first-order valence-corrected chi connectivity index (χ1v) is 7.20. The Morgan fingerprint density at radius 2 is 2.32 bits per heavy atom. The van der Waals surface area contributed by atoms with E-state index < -0.39 is 0 Å². The number of carbonyl (C=O) groups is 1. The first-order chi connectivity index (χ1) is 10.7. The molecule has 7 heteroatoms. The van der Waals surface area contributed by atoms with Crippen LogP contribution >= 0.6 is 0 Å². The van der Waals surface area contributed by atoms with Crippen molar-refractivity contribution in [2.45, 2.75) is 25.7 Å². The number of amides is 1. The molecule has 1 aliphatic heterocycles. The predicted octanol–water partition coefficient (Wildman–Crippen LogP) is 1.73. The second kappa shape index (κ2) is 6.05. The van der Waals surface area contributed by atoms with Gasteiger partial charge in [-0.05, 0) is 25.5 Å². The lowest BCUT2D eigenvalue weighted by Gasteiger charge is -2.29. The quantitative estimate of drug-likeness (QED) is 0.799. The van der Waals surface area contributed by atoms with Gasteiger partial charge < -0.3 is 9.42 Å². The molecule has 0 N–H and O–H groups in total. The van der Waals surface area contributed by atoms with Crippen LogP contribution in [0.1, 0.15) is 30.3 Å². The van der Waals surface area contributed by atoms with E-state index in [9.17, 15) is 4.79 Å². The SMILES string of the molecule is C=CCN1CC(c2nc(-c3ccc(C)nn3)no2)CCC1=O. The fourth-order valence-electron chi connectivity index (χ4n) is 2.47. The van der Waals surface area contributed by atoms with Crippen molar-refractivity contribution in [1.82, 2.24) is 25.2 Å². The topological polar surface area (TPSA) is 85.0 Å². The molecule has 1 saturated heterocycles. The van der Waals surface area contributed by atoms with Crippen molar-refractivity contribution in [3.8, 4) is 11.5 Å². The minimum Gasteiger partial charge on any atom is -0.339 e. The van der Waals surface area contributed by atoms with Crippen LogP contribution in [-0.4, -0.2) is 44.2 Å². The van der Waals surface area contributed by atoms with Gasteiger partial charge in [-0.15, -0.1) is 11.7 Å². The van der Waals surface area contributed by atoms with Gasteiger partial charge in [0.1, 0.15) is 5.69 Å². The zero-order valence-electron chi connectivity index (χ0n) is 12.4. The molecular weight excluding hydrogens is 282 g/mol. The number of hydrogen-bond donors (Lipinski definition) is 0. The van der Waals surface area contributed by atoms with Crippen molar-refractivity contribution in [2.24, 2.45) is 0 Å². The van der Waals surface area contributed by atoms with E-state index in [1.807, 2.05) is 19.1 Å². The van der Waals surface area contributed by atoms with E-state index in [0.29, 0.717) is 43.3 Å². The van der Waals surface area contributed by atoms with Crippen LogP contribution in [0.25, 0.3) is 11.5 Å². The molecule has 2 aromatic rings. The molecule has 114 valence electrons. The van der Waals surface area contributed by atoms with Crippen LogP contribution in [0.5, 0.6) is 0 Å². The van der Waals surface area contributed by atoms with Crippen molar-refractivity contribution in [3.05, 3.63) is 36.4 Å². The standard InChI is InChI=1S/C15H17N5O2/c1-3-8-20-9-11(5-7-13(20)21)15-16-14(19-22-15)12-6-4-10(2)17-18-12/h3-4,6,11H,1,5,7-9H2,2H3. The number of likely N-dealkylation sites (tertiary alicyclic amines) is 1. The number of hydrogen-bond acceptors (Lipinski definition) is 6. The Morgan fingerprint density at radius 1 is 1.45 bits per heavy atom. The lowest BCUT2D eigenvalue weighted by Crippen LogP contribution is -2.39. The summed E-state index contributed by atoms with van der Waals surface area (Å²) in [5.41, 5.74) is 1.41. The number of aromatic nitrogens is 4. The number of carbonyl (C=O) groups excluding carboxylic acids is 1. The van der Waals surface area contributed by atoms with Gasteiger partial charge in [0.15, 0.2) is 0 Å². The van der Waals surface area contributed by atoms with Crippen molar-refractivity contribution < 1.29 is 9.32 Å². The summed E-state index contributed by atoms with van der Waals surface area (Å²) < 4.78 is 5.36. The Bertz CT molecular complexity index is 679. The zero-order valence-corrected chi connectivity index (χ0v) is 12.4. The van der Waals surface area contributed by atoms with Crippen LogP contribution in [0.15, 0.2) is 29.3 Å². The van der Waals surface area contributed by atoms with Crippen molar-refractivity contribution in [1.29, 1.82) is 0 Å². The summed E-state index contributed by atoms with van der Waals surface area (Å²) in [5, 5.41) is 12.0. The maximum absolute atomic E-state index is 11.8. The molecule has 2 aromatic heterocycles. The molecule has 0 aromatic carbocycles. The first kappa shape index (κ1) is 14.4. The molecule has 22 heavy (non-hydrogen) atoms. The summed E-state index contributed by atoms with van der Waals surface area (Å²) in [4.78, 5) is 18.0. The Balaban J connectivity index is 1.77. The largest absolute Gasteiger partial charge is 0.339 e. The van der Waals surface area contributed by atoms with E-state index in [1.165, 1.54) is 0 Å². The number of nitrogens with zero attached hydrogens (tertiary/aromatic N) is 5. The van der Waals surface area contributed by atoms with Gasteiger partial charge >= 0.3 is 0 Å². The average Bonchev–Trinajstić information content (AvgIpc) is 3.00. The fraction of sp³-hybridized carbons (Fsp3) is 0.400. The molecule has 7 nitrogen and oxygen atoms in total. The van der Waals surface area contributed by atoms with E-state index >= 15 is 0 Å². The molecule has 3 heterocycles. The fourth-order valence-corrected chi connectivity index (χ4v) is 2.47. The van der Waals surface area contributed by atoms with Crippen LogP contribution in [0.2, 0.25) is 0 Å². The minimum atomic E-state index is 0.0531. The molecule has 0 spiro atoms. The number of rotatable bonds is 4. The van der Waals surface area contributed by atoms with Gasteiger partial charge in [-0.25, -0.2) is 0 Å². The molecule has 1 atom stereocenters. The molecule has 0 saturated carbocycles. The molecule has 1 fully saturated rings. The van der Waals surface area contributed by atoms with E-state index in [-0.39, 0.29) is 11.8 Å². The maximum atomic E-state index is 11.8. The van der Waals surface area contributed by atoms with Crippen LogP contribution in [0.3, 0.4) is 0 Å². The Morgan fingerprint density at radius 3 is 3.05 bits per heavy atom. The van der Waals surface area contributed by atoms with E-state index in [0.717, 1.165) is 5.69 Å². The number of aryl methyl sites for hydroxylation is 1. The highest BCUT2D eigenvalue weighted by Gasteiger charge is 2.29. The minimum absolute atomic E-state index is 0.0531. The number of piperidine rings is 1. The van der Waals surface area contributed by atoms with Crippen LogP contribution in [0, 0.1) is 6.92 Å². The lowest BCUT2D eigenvalue weighted by atomic mass is 9.97. The third-order valence-electron chi connectivity index (χ3n) is 3.67. The van der Waals surface area contributed by atoms with Gasteiger partial charge in [-0.1, -0.05) is 11.2 Å². The second-order valence-electron chi connectivity index (χ2n) is 5.34. The van der Waals surface area contributed by atoms with Gasteiger partial charge in [0.05, 0.1) is 11.6 Å². The van der Waals surface area contributed by atoms with Crippen molar-refractivity contribution >= 4 is 5.91 Å². The third kappa shape index (κ3) is 2.88. The first-order valence-electron chi connectivity index (χ1n) is 7.20. The summed E-state index contributed by atoms with van der Waals surface area (Å²) in [5.74, 6) is 1.16. The highest BCUT2D eigenvalue weighted by atomic mass is 16.5. The van der Waals surface area contributed by atoms with Crippen LogP contribution in [0.4, 0.5) is 0 Å². The summed E-state index contributed by atoms with van der Waals surface area (Å²) in [7, 11) is 0. The highest BCUT2D eigenvalue weighted by Crippen LogP contribution is 2.27. The van der Waals surface area contributed by atoms with Crippen LogP contribution in [-0.2, 0) is 4.79 Å². The smallest absolute Gasteiger partial charge is 0.231 e. The Kier molecular flexibility index (Phi) is 3.95. The Hall–Kier alpha value is -2.57. The average molecular weight is 299 g/mol. The molecule has 1 unspecified atom stereocenters. The molecule has 0 radical (unpaired) electrons. The molecule has 0 bridgehead atoms. The van der Waals surface area contributed by atoms with Gasteiger partial charge in [0, 0.05) is 19.5 Å². The Labute approximate surface area is 128 Å². The normalized spacial score (nSPS) is 18.5. The maximum Gasteiger partial charge on any atom is 0.231 e. The molecule has 1 amide bonds. The molecule has 0 aliphatic carbocycles. The summed E-state index contributed by atoms with van der Waals surface area (Å²) in [6.45, 7) is 6.66. The van der Waals surface area contributed by atoms with Crippen molar-refractivity contribution in [2.75, 3.05) is 13.1 Å². The molecule has 1 aliphatic rings. The van der Waals surface area contributed by atoms with E-state index in [4.69, 9.17) is 4.52 Å². The molecular formula is C15H17N5O2. The van der Waals surface area contributed by atoms with Crippen molar-refractivity contribution in [3.63, 3.8) is 0 Å². The van der Waals surface area contributed by atoms with Gasteiger partial charge in [-0.2, -0.15) is 10.1 Å². The summed E-state index contributed by atoms with van der Waals surface area (Å²) >= 11 is 0. The summed E-state index contributed by atoms with van der Waals surface area (Å²) in [6.07, 6.45) is 2.93. The zero-order chi connectivity index (χ0) is 15.5. The van der Waals surface area contributed by atoms with Gasteiger partial charge in [-0.3, -0.25) is 4.79 Å².